The van der Waals surface area contributed by atoms with Gasteiger partial charge in [-0.25, -0.2) is 4.98 Å². The average molecular weight is 246 g/mol. The van der Waals surface area contributed by atoms with Crippen LogP contribution in [0, 0.1) is 0 Å². The van der Waals surface area contributed by atoms with Crippen LogP contribution in [0.1, 0.15) is 12.6 Å². The Morgan fingerprint density at radius 3 is 3.00 bits per heavy atom. The van der Waals surface area contributed by atoms with Gasteiger partial charge in [-0.05, 0) is 25.1 Å². The molecule has 1 N–H and O–H groups in total. The second kappa shape index (κ2) is 6.05. The Kier molecular flexibility index (Phi) is 4.17. The molecule has 18 heavy (non-hydrogen) atoms. The first-order valence-electron chi connectivity index (χ1n) is 6.10. The fraction of sp³-hybridized carbons (Fsp3) is 0.385. The Balaban J connectivity index is 1.89. The molecule has 96 valence electrons. The highest BCUT2D eigenvalue weighted by Crippen LogP contribution is 2.20. The number of aromatic nitrogens is 3. The summed E-state index contributed by atoms with van der Waals surface area (Å²) in [6, 6.07) is 5.80. The molecular weight excluding hydrogens is 228 g/mol. The maximum absolute atomic E-state index is 5.50. The summed E-state index contributed by atoms with van der Waals surface area (Å²) in [5.74, 6) is 1.58. The van der Waals surface area contributed by atoms with Crippen molar-refractivity contribution in [2.24, 2.45) is 7.05 Å². The molecular formula is C13H18N4O. The van der Waals surface area contributed by atoms with Gasteiger partial charge in [0.2, 0.25) is 0 Å². The van der Waals surface area contributed by atoms with Gasteiger partial charge in [0, 0.05) is 32.4 Å². The zero-order valence-corrected chi connectivity index (χ0v) is 10.8. The molecule has 0 amide bonds. The molecule has 0 atom stereocenters. The molecule has 2 aromatic heterocycles. The van der Waals surface area contributed by atoms with Crippen LogP contribution >= 0.6 is 0 Å². The molecule has 0 fully saturated rings. The lowest BCUT2D eigenvalue weighted by Gasteiger charge is -2.10. The second-order valence-electron chi connectivity index (χ2n) is 3.94. The summed E-state index contributed by atoms with van der Waals surface area (Å²) < 4.78 is 7.31. The Bertz CT molecular complexity index is 495. The van der Waals surface area contributed by atoms with E-state index in [1.54, 1.807) is 6.20 Å². The van der Waals surface area contributed by atoms with Crippen molar-refractivity contribution in [2.75, 3.05) is 18.5 Å². The molecule has 0 bridgehead atoms. The molecule has 0 aliphatic carbocycles. The van der Waals surface area contributed by atoms with E-state index in [0.29, 0.717) is 6.61 Å². The van der Waals surface area contributed by atoms with Gasteiger partial charge >= 0.3 is 0 Å². The number of nitrogens with zero attached hydrogens (tertiary/aromatic N) is 3. The maximum Gasteiger partial charge on any atom is 0.168 e. The predicted octanol–water partition coefficient (Wildman–Crippen LogP) is 1.87. The van der Waals surface area contributed by atoms with Crippen LogP contribution < -0.4 is 10.1 Å². The Labute approximate surface area is 107 Å². The van der Waals surface area contributed by atoms with Crippen LogP contribution in [0.2, 0.25) is 0 Å². The van der Waals surface area contributed by atoms with Crippen molar-refractivity contribution >= 4 is 5.82 Å². The van der Waals surface area contributed by atoms with Crippen molar-refractivity contribution in [3.8, 4) is 5.75 Å². The van der Waals surface area contributed by atoms with Crippen LogP contribution in [0.4, 0.5) is 5.82 Å². The summed E-state index contributed by atoms with van der Waals surface area (Å²) in [5.41, 5.74) is 1.07. The van der Waals surface area contributed by atoms with Gasteiger partial charge in [0.1, 0.15) is 0 Å². The van der Waals surface area contributed by atoms with Gasteiger partial charge in [-0.15, -0.1) is 0 Å². The molecule has 0 aromatic carbocycles. The predicted molar refractivity (Wildman–Crippen MR) is 70.8 cm³/mol. The van der Waals surface area contributed by atoms with Crippen LogP contribution in [0.5, 0.6) is 5.75 Å². The summed E-state index contributed by atoms with van der Waals surface area (Å²) in [6.45, 7) is 3.39. The molecule has 0 saturated heterocycles. The number of rotatable bonds is 6. The van der Waals surface area contributed by atoms with E-state index >= 15 is 0 Å². The molecule has 0 saturated carbocycles. The number of anilines is 1. The summed E-state index contributed by atoms with van der Waals surface area (Å²) >= 11 is 0. The van der Waals surface area contributed by atoms with Crippen LogP contribution in [-0.2, 0) is 13.5 Å². The van der Waals surface area contributed by atoms with Crippen molar-refractivity contribution < 1.29 is 4.74 Å². The fourth-order valence-corrected chi connectivity index (χ4v) is 1.70. The zero-order chi connectivity index (χ0) is 12.8. The average Bonchev–Trinajstić information content (AvgIpc) is 2.78. The van der Waals surface area contributed by atoms with Crippen molar-refractivity contribution in [1.29, 1.82) is 0 Å². The van der Waals surface area contributed by atoms with E-state index in [4.69, 9.17) is 4.74 Å². The van der Waals surface area contributed by atoms with Crippen molar-refractivity contribution in [2.45, 2.75) is 13.3 Å². The summed E-state index contributed by atoms with van der Waals surface area (Å²) in [7, 11) is 1.92. The highest BCUT2D eigenvalue weighted by Gasteiger charge is 2.03. The molecule has 0 aliphatic rings. The van der Waals surface area contributed by atoms with Gasteiger partial charge in [-0.3, -0.25) is 4.68 Å². The first-order chi connectivity index (χ1) is 8.79. The third-order valence-electron chi connectivity index (χ3n) is 2.51. The van der Waals surface area contributed by atoms with E-state index < -0.39 is 0 Å². The lowest BCUT2D eigenvalue weighted by Crippen LogP contribution is -2.08. The highest BCUT2D eigenvalue weighted by atomic mass is 16.5. The van der Waals surface area contributed by atoms with Gasteiger partial charge in [0.05, 0.1) is 12.3 Å². The SMILES string of the molecule is CCOc1cccnc1NCCc1ccn(C)n1. The third kappa shape index (κ3) is 3.23. The quantitative estimate of drug-likeness (QED) is 0.845. The van der Waals surface area contributed by atoms with Crippen molar-refractivity contribution in [3.63, 3.8) is 0 Å². The molecule has 0 radical (unpaired) electrons. The van der Waals surface area contributed by atoms with E-state index in [1.807, 2.05) is 43.0 Å². The Hall–Kier alpha value is -2.04. The zero-order valence-electron chi connectivity index (χ0n) is 10.8. The van der Waals surface area contributed by atoms with Crippen LogP contribution in [0.15, 0.2) is 30.6 Å². The minimum Gasteiger partial charge on any atom is -0.490 e. The maximum atomic E-state index is 5.50. The normalized spacial score (nSPS) is 10.3. The van der Waals surface area contributed by atoms with E-state index in [-0.39, 0.29) is 0 Å². The third-order valence-corrected chi connectivity index (χ3v) is 2.51. The molecule has 0 spiro atoms. The van der Waals surface area contributed by atoms with Gasteiger partial charge < -0.3 is 10.1 Å². The monoisotopic (exact) mass is 246 g/mol. The van der Waals surface area contributed by atoms with Crippen molar-refractivity contribution in [1.82, 2.24) is 14.8 Å². The standard InChI is InChI=1S/C13H18N4O/c1-3-18-12-5-4-8-14-13(12)15-9-6-11-7-10-17(2)16-11/h4-5,7-8,10H,3,6,9H2,1-2H3,(H,14,15). The molecule has 0 unspecified atom stereocenters. The molecule has 0 aliphatic heterocycles. The topological polar surface area (TPSA) is 52.0 Å². The Morgan fingerprint density at radius 2 is 2.28 bits per heavy atom. The summed E-state index contributed by atoms with van der Waals surface area (Å²) in [4.78, 5) is 4.27. The van der Waals surface area contributed by atoms with E-state index in [0.717, 1.165) is 30.2 Å². The highest BCUT2D eigenvalue weighted by molar-refractivity contribution is 5.49. The first kappa shape index (κ1) is 12.4. The molecule has 2 rings (SSSR count). The van der Waals surface area contributed by atoms with Gasteiger partial charge in [-0.1, -0.05) is 0 Å². The number of pyridine rings is 1. The minimum absolute atomic E-state index is 0.639. The first-order valence-corrected chi connectivity index (χ1v) is 6.10. The Morgan fingerprint density at radius 1 is 1.39 bits per heavy atom. The largest absolute Gasteiger partial charge is 0.490 e. The minimum atomic E-state index is 0.639. The van der Waals surface area contributed by atoms with Gasteiger partial charge in [-0.2, -0.15) is 5.10 Å². The van der Waals surface area contributed by atoms with Gasteiger partial charge in [0.15, 0.2) is 11.6 Å². The van der Waals surface area contributed by atoms with E-state index in [1.165, 1.54) is 0 Å². The number of aryl methyl sites for hydroxylation is 1. The molecule has 5 heteroatoms. The number of ether oxygens (including phenoxy) is 1. The number of hydrogen-bond acceptors (Lipinski definition) is 4. The van der Waals surface area contributed by atoms with Crippen LogP contribution in [0.3, 0.4) is 0 Å². The molecule has 5 nitrogen and oxygen atoms in total. The smallest absolute Gasteiger partial charge is 0.168 e. The van der Waals surface area contributed by atoms with Crippen molar-refractivity contribution in [3.05, 3.63) is 36.3 Å². The van der Waals surface area contributed by atoms with Crippen LogP contribution in [-0.4, -0.2) is 27.9 Å². The number of nitrogens with one attached hydrogen (secondary N) is 1. The lowest BCUT2D eigenvalue weighted by molar-refractivity contribution is 0.340. The summed E-state index contributed by atoms with van der Waals surface area (Å²) in [6.07, 6.45) is 4.57. The molecule has 2 aromatic rings. The van der Waals surface area contributed by atoms with Gasteiger partial charge in [0.25, 0.3) is 0 Å². The van der Waals surface area contributed by atoms with E-state index in [9.17, 15) is 0 Å². The number of hydrogen-bond donors (Lipinski definition) is 1. The lowest BCUT2D eigenvalue weighted by atomic mass is 10.3. The second-order valence-corrected chi connectivity index (χ2v) is 3.94. The fourth-order valence-electron chi connectivity index (χ4n) is 1.70. The summed E-state index contributed by atoms with van der Waals surface area (Å²) in [5, 5.41) is 7.60. The molecule has 2 heterocycles. The van der Waals surface area contributed by atoms with E-state index in [2.05, 4.69) is 15.4 Å². The van der Waals surface area contributed by atoms with Crippen LogP contribution in [0.25, 0.3) is 0 Å².